The van der Waals surface area contributed by atoms with E-state index in [1.807, 2.05) is 0 Å². The molecule has 2 aromatic rings. The van der Waals surface area contributed by atoms with Crippen LogP contribution in [-0.4, -0.2) is 27.1 Å². The van der Waals surface area contributed by atoms with E-state index in [9.17, 15) is 22.8 Å². The van der Waals surface area contributed by atoms with Crippen molar-refractivity contribution >= 4 is 34.4 Å². The predicted octanol–water partition coefficient (Wildman–Crippen LogP) is 3.56. The van der Waals surface area contributed by atoms with Gasteiger partial charge in [-0.25, -0.2) is 4.79 Å². The zero-order chi connectivity index (χ0) is 16.7. The van der Waals surface area contributed by atoms with E-state index in [1.54, 1.807) is 0 Å². The van der Waals surface area contributed by atoms with Crippen LogP contribution in [0.5, 0.6) is 0 Å². The Hall–Kier alpha value is -2.22. The second-order valence-electron chi connectivity index (χ2n) is 4.55. The van der Waals surface area contributed by atoms with Crippen LogP contribution in [0.1, 0.15) is 28.0 Å². The molecule has 0 aliphatic carbocycles. The molecule has 0 radical (unpaired) electrons. The van der Waals surface area contributed by atoms with Crippen molar-refractivity contribution in [3.05, 3.63) is 34.0 Å². The highest BCUT2D eigenvalue weighted by molar-refractivity contribution is 6.32. The van der Waals surface area contributed by atoms with Gasteiger partial charge in [-0.3, -0.25) is 4.79 Å². The molecule has 0 bridgehead atoms. The molecule has 0 amide bonds. The Labute approximate surface area is 126 Å². The Morgan fingerprint density at radius 2 is 1.86 bits per heavy atom. The number of aromatic amines is 1. The lowest BCUT2D eigenvalue weighted by Gasteiger charge is -2.09. The Morgan fingerprint density at radius 1 is 1.23 bits per heavy atom. The van der Waals surface area contributed by atoms with Crippen molar-refractivity contribution in [3.8, 4) is 0 Å². The number of hydrogen-bond acceptors (Lipinski definition) is 2. The van der Waals surface area contributed by atoms with Crippen LogP contribution in [0, 0.1) is 0 Å². The minimum absolute atomic E-state index is 0.0606. The third-order valence-electron chi connectivity index (χ3n) is 3.10. The summed E-state index contributed by atoms with van der Waals surface area (Å²) < 4.78 is 38.4. The number of rotatable bonds is 4. The Morgan fingerprint density at radius 3 is 2.36 bits per heavy atom. The lowest BCUT2D eigenvalue weighted by atomic mass is 10.0. The fraction of sp³-hybridized carbons (Fsp3) is 0.231. The highest BCUT2D eigenvalue weighted by atomic mass is 35.5. The summed E-state index contributed by atoms with van der Waals surface area (Å²) in [7, 11) is 0. The number of nitrogens with one attached hydrogen (secondary N) is 1. The third kappa shape index (κ3) is 3.01. The number of aliphatic carboxylic acids is 1. The van der Waals surface area contributed by atoms with Crippen molar-refractivity contribution in [3.63, 3.8) is 0 Å². The topological polar surface area (TPSA) is 90.4 Å². The minimum Gasteiger partial charge on any atom is -0.481 e. The van der Waals surface area contributed by atoms with Crippen LogP contribution in [0.25, 0.3) is 10.9 Å². The molecule has 5 nitrogen and oxygen atoms in total. The summed E-state index contributed by atoms with van der Waals surface area (Å²) in [6.45, 7) is 0. The number of fused-ring (bicyclic) bond motifs is 1. The van der Waals surface area contributed by atoms with Gasteiger partial charge in [0.25, 0.3) is 0 Å². The Balaban J connectivity index is 2.66. The molecule has 3 N–H and O–H groups in total. The summed E-state index contributed by atoms with van der Waals surface area (Å²) in [4.78, 5) is 24.2. The van der Waals surface area contributed by atoms with Gasteiger partial charge in [0.1, 0.15) is 5.69 Å². The molecule has 0 unspecified atom stereocenters. The van der Waals surface area contributed by atoms with Crippen molar-refractivity contribution in [2.75, 3.05) is 0 Å². The number of alkyl halides is 3. The number of hydrogen-bond donors (Lipinski definition) is 3. The fourth-order valence-corrected chi connectivity index (χ4v) is 2.43. The molecule has 0 saturated carbocycles. The van der Waals surface area contributed by atoms with Gasteiger partial charge in [0.2, 0.25) is 0 Å². The second kappa shape index (κ2) is 5.53. The van der Waals surface area contributed by atoms with Gasteiger partial charge in [-0.2, -0.15) is 13.2 Å². The van der Waals surface area contributed by atoms with Gasteiger partial charge in [-0.05, 0) is 24.1 Å². The van der Waals surface area contributed by atoms with Crippen LogP contribution >= 0.6 is 11.6 Å². The summed E-state index contributed by atoms with van der Waals surface area (Å²) in [5.74, 6) is -2.54. The molecule has 0 saturated heterocycles. The number of carboxylic acids is 2. The highest BCUT2D eigenvalue weighted by Crippen LogP contribution is 2.38. The predicted molar refractivity (Wildman–Crippen MR) is 71.2 cm³/mol. The molecule has 1 heterocycles. The number of carbonyl (C=O) groups is 2. The maximum absolute atomic E-state index is 12.8. The summed E-state index contributed by atoms with van der Waals surface area (Å²) >= 11 is 5.61. The Bertz CT molecular complexity index is 767. The van der Waals surface area contributed by atoms with E-state index in [0.717, 1.165) is 6.07 Å². The largest absolute Gasteiger partial charge is 0.481 e. The first-order valence-corrected chi connectivity index (χ1v) is 6.35. The maximum Gasteiger partial charge on any atom is 0.417 e. The quantitative estimate of drug-likeness (QED) is 0.797. The summed E-state index contributed by atoms with van der Waals surface area (Å²) in [5, 5.41) is 17.4. The van der Waals surface area contributed by atoms with Gasteiger partial charge >= 0.3 is 18.1 Å². The van der Waals surface area contributed by atoms with Gasteiger partial charge in [0, 0.05) is 17.3 Å². The van der Waals surface area contributed by atoms with Gasteiger partial charge in [0.05, 0.1) is 10.6 Å². The average Bonchev–Trinajstić information content (AvgIpc) is 2.72. The van der Waals surface area contributed by atoms with E-state index in [4.69, 9.17) is 21.8 Å². The van der Waals surface area contributed by atoms with Crippen LogP contribution in [0.3, 0.4) is 0 Å². The van der Waals surface area contributed by atoms with Gasteiger partial charge in [0.15, 0.2) is 0 Å². The molecule has 9 heteroatoms. The maximum atomic E-state index is 12.8. The average molecular weight is 336 g/mol. The van der Waals surface area contributed by atoms with E-state index < -0.39 is 28.7 Å². The van der Waals surface area contributed by atoms with Crippen LogP contribution in [0.15, 0.2) is 12.1 Å². The standard InChI is InChI=1S/C13H9ClF3NO4/c14-8-3-6-5(1-2-10(19)20)11(12(21)22)18-9(6)4-7(8)13(15,16)17/h3-4,18H,1-2H2,(H,19,20)(H,21,22). The van der Waals surface area contributed by atoms with Crippen molar-refractivity contribution < 1.29 is 33.0 Å². The Kier molecular flexibility index (Phi) is 4.06. The van der Waals surface area contributed by atoms with Crippen molar-refractivity contribution in [1.29, 1.82) is 0 Å². The zero-order valence-electron chi connectivity index (χ0n) is 10.8. The van der Waals surface area contributed by atoms with E-state index in [2.05, 4.69) is 4.98 Å². The first-order valence-electron chi connectivity index (χ1n) is 5.97. The fourth-order valence-electron chi connectivity index (χ4n) is 2.16. The van der Waals surface area contributed by atoms with Crippen LogP contribution < -0.4 is 0 Å². The number of benzene rings is 1. The van der Waals surface area contributed by atoms with Gasteiger partial charge in [-0.1, -0.05) is 11.6 Å². The smallest absolute Gasteiger partial charge is 0.417 e. The number of aromatic nitrogens is 1. The molecule has 0 aliphatic rings. The molecule has 1 aromatic heterocycles. The molecular weight excluding hydrogens is 327 g/mol. The molecule has 22 heavy (non-hydrogen) atoms. The van der Waals surface area contributed by atoms with Crippen molar-refractivity contribution in [2.45, 2.75) is 19.0 Å². The number of halogens is 4. The van der Waals surface area contributed by atoms with E-state index in [-0.39, 0.29) is 35.0 Å². The number of aryl methyl sites for hydroxylation is 1. The van der Waals surface area contributed by atoms with Crippen LogP contribution in [0.4, 0.5) is 13.2 Å². The van der Waals surface area contributed by atoms with E-state index in [0.29, 0.717) is 6.07 Å². The van der Waals surface area contributed by atoms with E-state index >= 15 is 0 Å². The number of aromatic carboxylic acids is 1. The van der Waals surface area contributed by atoms with E-state index in [1.165, 1.54) is 0 Å². The third-order valence-corrected chi connectivity index (χ3v) is 3.41. The number of carboxylic acid groups (broad SMARTS) is 2. The normalized spacial score (nSPS) is 11.8. The molecule has 0 spiro atoms. The van der Waals surface area contributed by atoms with Crippen LogP contribution in [0.2, 0.25) is 5.02 Å². The molecule has 118 valence electrons. The summed E-state index contributed by atoms with van der Waals surface area (Å²) in [6, 6.07) is 1.72. The monoisotopic (exact) mass is 335 g/mol. The lowest BCUT2D eigenvalue weighted by molar-refractivity contribution is -0.138. The summed E-state index contributed by atoms with van der Waals surface area (Å²) in [6.07, 6.45) is -5.18. The zero-order valence-corrected chi connectivity index (χ0v) is 11.5. The first kappa shape index (κ1) is 16.2. The van der Waals surface area contributed by atoms with Crippen LogP contribution in [-0.2, 0) is 17.4 Å². The molecular formula is C13H9ClF3NO4. The second-order valence-corrected chi connectivity index (χ2v) is 4.96. The SMILES string of the molecule is O=C(O)CCc1c(C(=O)O)[nH]c2cc(C(F)(F)F)c(Cl)cc12. The molecule has 0 fully saturated rings. The number of H-pyrrole nitrogens is 1. The first-order chi connectivity index (χ1) is 10.1. The van der Waals surface area contributed by atoms with Crippen molar-refractivity contribution in [2.24, 2.45) is 0 Å². The van der Waals surface area contributed by atoms with Gasteiger partial charge in [-0.15, -0.1) is 0 Å². The molecule has 0 aliphatic heterocycles. The molecule has 0 atom stereocenters. The molecule has 1 aromatic carbocycles. The minimum atomic E-state index is -4.68. The van der Waals surface area contributed by atoms with Crippen molar-refractivity contribution in [1.82, 2.24) is 4.98 Å². The lowest BCUT2D eigenvalue weighted by Crippen LogP contribution is -2.05. The summed E-state index contributed by atoms with van der Waals surface area (Å²) in [5.41, 5.74) is -1.38. The highest BCUT2D eigenvalue weighted by Gasteiger charge is 2.34. The molecule has 2 rings (SSSR count). The van der Waals surface area contributed by atoms with Gasteiger partial charge < -0.3 is 15.2 Å².